The summed E-state index contributed by atoms with van der Waals surface area (Å²) in [6.07, 6.45) is 0.904. The van der Waals surface area contributed by atoms with E-state index in [0.29, 0.717) is 0 Å². The molecule has 2 aromatic rings. The predicted molar refractivity (Wildman–Crippen MR) is 89.1 cm³/mol. The van der Waals surface area contributed by atoms with Gasteiger partial charge in [-0.1, -0.05) is 29.8 Å². The number of rotatable bonds is 4. The average Bonchev–Trinajstić information content (AvgIpc) is 2.92. The van der Waals surface area contributed by atoms with E-state index in [1.54, 1.807) is 0 Å². The second-order valence-electron chi connectivity index (χ2n) is 5.27. The van der Waals surface area contributed by atoms with Gasteiger partial charge < -0.3 is 10.2 Å². The molecule has 0 atom stereocenters. The molecule has 0 spiro atoms. The first-order valence-electron chi connectivity index (χ1n) is 7.11. The second-order valence-corrected chi connectivity index (χ2v) is 5.68. The van der Waals surface area contributed by atoms with Crippen LogP contribution in [0.3, 0.4) is 0 Å². The van der Waals surface area contributed by atoms with Gasteiger partial charge in [0.2, 0.25) is 5.91 Å². The quantitative estimate of drug-likeness (QED) is 0.689. The molecule has 1 aliphatic rings. The van der Waals surface area contributed by atoms with Crippen molar-refractivity contribution in [2.24, 2.45) is 0 Å². The number of nitrogens with one attached hydrogen (secondary N) is 1. The average molecular weight is 332 g/mol. The van der Waals surface area contributed by atoms with Gasteiger partial charge in [-0.3, -0.25) is 14.9 Å². The van der Waals surface area contributed by atoms with Crippen molar-refractivity contribution in [2.75, 3.05) is 23.3 Å². The maximum absolute atomic E-state index is 12.2. The molecule has 0 fully saturated rings. The molecule has 23 heavy (non-hydrogen) atoms. The number of non-ortho nitro benzene ring substituents is 1. The third kappa shape index (κ3) is 3.27. The van der Waals surface area contributed by atoms with Gasteiger partial charge >= 0.3 is 0 Å². The van der Waals surface area contributed by atoms with Crippen LogP contribution in [0.5, 0.6) is 0 Å². The Hall–Kier alpha value is -2.60. The molecule has 0 bridgehead atoms. The Kier molecular flexibility index (Phi) is 4.16. The number of carbonyl (C=O) groups excluding carboxylic acids is 1. The van der Waals surface area contributed by atoms with Crippen molar-refractivity contribution in [3.8, 4) is 0 Å². The summed E-state index contributed by atoms with van der Waals surface area (Å²) in [7, 11) is 0. The van der Waals surface area contributed by atoms with Gasteiger partial charge in [0.15, 0.2) is 0 Å². The maximum Gasteiger partial charge on any atom is 0.271 e. The topological polar surface area (TPSA) is 75.5 Å². The molecule has 0 saturated carbocycles. The Morgan fingerprint density at radius 3 is 2.87 bits per heavy atom. The zero-order valence-electron chi connectivity index (χ0n) is 12.2. The highest BCUT2D eigenvalue weighted by molar-refractivity contribution is 6.33. The highest BCUT2D eigenvalue weighted by Crippen LogP contribution is 2.28. The van der Waals surface area contributed by atoms with Crippen molar-refractivity contribution in [3.63, 3.8) is 0 Å². The summed E-state index contributed by atoms with van der Waals surface area (Å²) in [6, 6.07) is 11.9. The van der Waals surface area contributed by atoms with E-state index < -0.39 is 4.92 Å². The number of fused-ring (bicyclic) bond motifs is 1. The van der Waals surface area contributed by atoms with E-state index in [4.69, 9.17) is 11.6 Å². The number of nitro groups is 1. The Morgan fingerprint density at radius 2 is 2.09 bits per heavy atom. The standard InChI is InChI=1S/C16H14ClN3O3/c17-13-6-5-12(20(22)23)9-14(13)18-16(21)10-19-8-7-11-3-1-2-4-15(11)19/h1-6,9H,7-8,10H2,(H,18,21). The number of benzene rings is 2. The van der Waals surface area contributed by atoms with Crippen molar-refractivity contribution < 1.29 is 9.72 Å². The zero-order chi connectivity index (χ0) is 16.4. The summed E-state index contributed by atoms with van der Waals surface area (Å²) in [5, 5.41) is 13.7. The number of halogens is 1. The van der Waals surface area contributed by atoms with Gasteiger partial charge in [-0.15, -0.1) is 0 Å². The van der Waals surface area contributed by atoms with Gasteiger partial charge in [-0.25, -0.2) is 0 Å². The molecule has 0 unspecified atom stereocenters. The van der Waals surface area contributed by atoms with Gasteiger partial charge in [0.05, 0.1) is 22.2 Å². The molecular weight excluding hydrogens is 318 g/mol. The molecule has 0 aromatic heterocycles. The smallest absolute Gasteiger partial charge is 0.271 e. The summed E-state index contributed by atoms with van der Waals surface area (Å²) >= 11 is 5.99. The van der Waals surface area contributed by atoms with Gasteiger partial charge in [0.25, 0.3) is 5.69 Å². The fourth-order valence-corrected chi connectivity index (χ4v) is 2.82. The molecule has 6 nitrogen and oxygen atoms in total. The Balaban J connectivity index is 1.71. The molecule has 0 aliphatic carbocycles. The maximum atomic E-state index is 12.2. The molecule has 1 heterocycles. The molecule has 1 amide bonds. The summed E-state index contributed by atoms with van der Waals surface area (Å²) in [4.78, 5) is 24.5. The van der Waals surface area contributed by atoms with Crippen LogP contribution in [0.1, 0.15) is 5.56 Å². The lowest BCUT2D eigenvalue weighted by atomic mass is 10.2. The van der Waals surface area contributed by atoms with Crippen molar-refractivity contribution >= 4 is 34.6 Å². The number of carbonyl (C=O) groups is 1. The van der Waals surface area contributed by atoms with Crippen LogP contribution >= 0.6 is 11.6 Å². The van der Waals surface area contributed by atoms with Crippen LogP contribution < -0.4 is 10.2 Å². The molecule has 2 aromatic carbocycles. The molecule has 1 N–H and O–H groups in total. The Morgan fingerprint density at radius 1 is 1.30 bits per heavy atom. The van der Waals surface area contributed by atoms with Gasteiger partial charge in [0.1, 0.15) is 0 Å². The number of hydrogen-bond donors (Lipinski definition) is 1. The molecular formula is C16H14ClN3O3. The molecule has 3 rings (SSSR count). The molecule has 0 saturated heterocycles. The summed E-state index contributed by atoms with van der Waals surface area (Å²) in [5.74, 6) is -0.260. The lowest BCUT2D eigenvalue weighted by Gasteiger charge is -2.19. The zero-order valence-corrected chi connectivity index (χ0v) is 12.9. The van der Waals surface area contributed by atoms with E-state index in [0.717, 1.165) is 18.7 Å². The van der Waals surface area contributed by atoms with E-state index in [9.17, 15) is 14.9 Å². The minimum atomic E-state index is -0.525. The number of anilines is 2. The molecule has 1 aliphatic heterocycles. The first kappa shape index (κ1) is 15.3. The Labute approximate surface area is 137 Å². The largest absolute Gasteiger partial charge is 0.362 e. The first-order chi connectivity index (χ1) is 11.0. The van der Waals surface area contributed by atoms with E-state index in [2.05, 4.69) is 5.32 Å². The lowest BCUT2D eigenvalue weighted by Crippen LogP contribution is -2.31. The fourth-order valence-electron chi connectivity index (χ4n) is 2.66. The van der Waals surface area contributed by atoms with Gasteiger partial charge in [-0.05, 0) is 24.1 Å². The van der Waals surface area contributed by atoms with Crippen LogP contribution in [0.2, 0.25) is 5.02 Å². The van der Waals surface area contributed by atoms with Crippen molar-refractivity contribution in [1.82, 2.24) is 0 Å². The lowest BCUT2D eigenvalue weighted by molar-refractivity contribution is -0.384. The number of amides is 1. The first-order valence-corrected chi connectivity index (χ1v) is 7.49. The molecule has 7 heteroatoms. The summed E-state index contributed by atoms with van der Waals surface area (Å²) in [6.45, 7) is 0.950. The minimum absolute atomic E-state index is 0.115. The van der Waals surface area contributed by atoms with Crippen molar-refractivity contribution in [3.05, 3.63) is 63.2 Å². The third-order valence-electron chi connectivity index (χ3n) is 3.75. The summed E-state index contributed by atoms with van der Waals surface area (Å²) < 4.78 is 0. The van der Waals surface area contributed by atoms with Crippen LogP contribution in [0.15, 0.2) is 42.5 Å². The Bertz CT molecular complexity index is 779. The highest BCUT2D eigenvalue weighted by atomic mass is 35.5. The van der Waals surface area contributed by atoms with Crippen molar-refractivity contribution in [2.45, 2.75) is 6.42 Å². The van der Waals surface area contributed by atoms with Crippen LogP contribution in [-0.4, -0.2) is 23.9 Å². The number of para-hydroxylation sites is 1. The predicted octanol–water partition coefficient (Wildman–Crippen LogP) is 3.25. The van der Waals surface area contributed by atoms with Gasteiger partial charge in [0, 0.05) is 24.4 Å². The monoisotopic (exact) mass is 331 g/mol. The third-order valence-corrected chi connectivity index (χ3v) is 4.08. The number of nitrogens with zero attached hydrogens (tertiary/aromatic N) is 2. The van der Waals surface area contributed by atoms with Crippen molar-refractivity contribution in [1.29, 1.82) is 0 Å². The minimum Gasteiger partial charge on any atom is -0.362 e. The van der Waals surface area contributed by atoms with E-state index in [-0.39, 0.29) is 28.8 Å². The molecule has 0 radical (unpaired) electrons. The summed E-state index contributed by atoms with van der Waals surface area (Å²) in [5.41, 5.74) is 2.40. The van der Waals surface area contributed by atoms with Crippen LogP contribution in [-0.2, 0) is 11.2 Å². The van der Waals surface area contributed by atoms with Crippen LogP contribution in [0.25, 0.3) is 0 Å². The van der Waals surface area contributed by atoms with E-state index in [1.165, 1.54) is 23.8 Å². The second kappa shape index (κ2) is 6.26. The van der Waals surface area contributed by atoms with Gasteiger partial charge in [-0.2, -0.15) is 0 Å². The SMILES string of the molecule is O=C(CN1CCc2ccccc21)Nc1cc([N+](=O)[O-])ccc1Cl. The van der Waals surface area contributed by atoms with Crippen LogP contribution in [0, 0.1) is 10.1 Å². The molecule has 118 valence electrons. The van der Waals surface area contributed by atoms with E-state index >= 15 is 0 Å². The fraction of sp³-hybridized carbons (Fsp3) is 0.188. The van der Waals surface area contributed by atoms with Crippen LogP contribution in [0.4, 0.5) is 17.1 Å². The number of nitro benzene ring substituents is 1. The van der Waals surface area contributed by atoms with E-state index in [1.807, 2.05) is 29.2 Å². The normalized spacial score (nSPS) is 12.8. The highest BCUT2D eigenvalue weighted by Gasteiger charge is 2.21. The number of hydrogen-bond acceptors (Lipinski definition) is 4.